The number of carbonyl (C=O) groups is 1. The van der Waals surface area contributed by atoms with E-state index in [1.807, 2.05) is 0 Å². The smallest absolute Gasteiger partial charge is 0.142 e. The van der Waals surface area contributed by atoms with Crippen LogP contribution in [0.15, 0.2) is 47.6 Å². The highest BCUT2D eigenvalue weighted by Gasteiger charge is 2.50. The summed E-state index contributed by atoms with van der Waals surface area (Å²) in [5, 5.41) is 0. The van der Waals surface area contributed by atoms with Crippen LogP contribution in [-0.2, 0) is 4.79 Å². The molecule has 1 unspecified atom stereocenters. The van der Waals surface area contributed by atoms with E-state index in [-0.39, 0.29) is 0 Å². The molecule has 0 bridgehead atoms. The molecule has 0 radical (unpaired) electrons. The zero-order valence-corrected chi connectivity index (χ0v) is 18.5. The summed E-state index contributed by atoms with van der Waals surface area (Å²) in [7, 11) is 0. The zero-order valence-electron chi connectivity index (χ0n) is 18.5. The van der Waals surface area contributed by atoms with Gasteiger partial charge in [-0.1, -0.05) is 58.1 Å². The van der Waals surface area contributed by atoms with E-state index in [1.54, 1.807) is 11.6 Å². The first-order valence-electron chi connectivity index (χ1n) is 11.6. The van der Waals surface area contributed by atoms with E-state index < -0.39 is 0 Å². The van der Waals surface area contributed by atoms with Crippen molar-refractivity contribution in [1.82, 2.24) is 0 Å². The van der Waals surface area contributed by atoms with E-state index in [0.717, 1.165) is 30.5 Å². The van der Waals surface area contributed by atoms with Crippen molar-refractivity contribution in [2.75, 3.05) is 0 Å². The molecule has 0 aliphatic heterocycles. The summed E-state index contributed by atoms with van der Waals surface area (Å²) < 4.78 is 0. The predicted molar refractivity (Wildman–Crippen MR) is 120 cm³/mol. The van der Waals surface area contributed by atoms with Crippen LogP contribution in [0.3, 0.4) is 0 Å². The summed E-state index contributed by atoms with van der Waals surface area (Å²) in [4.78, 5) is 10.6. The normalized spacial score (nSPS) is 40.2. The van der Waals surface area contributed by atoms with Gasteiger partial charge >= 0.3 is 0 Å². The van der Waals surface area contributed by atoms with Crippen molar-refractivity contribution in [2.24, 2.45) is 35.0 Å². The highest BCUT2D eigenvalue weighted by atomic mass is 16.1. The van der Waals surface area contributed by atoms with Gasteiger partial charge in [-0.15, -0.1) is 0 Å². The third kappa shape index (κ3) is 4.29. The van der Waals surface area contributed by atoms with Crippen LogP contribution in [0.5, 0.6) is 0 Å². The first kappa shape index (κ1) is 21.3. The fourth-order valence-electron chi connectivity index (χ4n) is 6.76. The molecule has 0 saturated heterocycles. The number of carbonyl (C=O) groups excluding carboxylic acids is 1. The van der Waals surface area contributed by atoms with Crippen molar-refractivity contribution in [3.63, 3.8) is 0 Å². The molecule has 1 nitrogen and oxygen atoms in total. The molecule has 0 N–H and O–H groups in total. The molecular formula is C27H40O. The molecule has 3 fully saturated rings. The molecule has 3 aliphatic carbocycles. The molecule has 6 atom stereocenters. The summed E-state index contributed by atoms with van der Waals surface area (Å²) >= 11 is 0. The van der Waals surface area contributed by atoms with Crippen molar-refractivity contribution in [1.29, 1.82) is 0 Å². The number of allylic oxidation sites excluding steroid dienone is 7. The lowest BCUT2D eigenvalue weighted by atomic mass is 9.61. The summed E-state index contributed by atoms with van der Waals surface area (Å²) in [6.07, 6.45) is 19.7. The summed E-state index contributed by atoms with van der Waals surface area (Å²) in [6.45, 7) is 14.1. The average Bonchev–Trinajstić information content (AvgIpc) is 3.01. The Morgan fingerprint density at radius 3 is 2.79 bits per heavy atom. The number of hydrogen-bond donors (Lipinski definition) is 0. The lowest BCUT2D eigenvalue weighted by Gasteiger charge is -2.44. The molecule has 3 aliphatic rings. The van der Waals surface area contributed by atoms with E-state index >= 15 is 0 Å². The molecule has 28 heavy (non-hydrogen) atoms. The molecule has 0 amide bonds. The number of rotatable bonds is 5. The molecule has 3 saturated carbocycles. The second kappa shape index (κ2) is 8.97. The van der Waals surface area contributed by atoms with Crippen molar-refractivity contribution in [3.05, 3.63) is 47.6 Å². The van der Waals surface area contributed by atoms with Gasteiger partial charge in [-0.05, 0) is 104 Å². The Morgan fingerprint density at radius 1 is 1.25 bits per heavy atom. The minimum atomic E-state index is 0.432. The maximum Gasteiger partial charge on any atom is 0.142 e. The summed E-state index contributed by atoms with van der Waals surface area (Å²) in [5.41, 5.74) is 4.99. The quantitative estimate of drug-likeness (QED) is 0.357. The fraction of sp³-hybridized carbons (Fsp3) is 0.667. The SMILES string of the molecule is C=C1/C(=C\C=C2/CCC[C@]3(C)[C@@H](C(C)C/C=C/C=O)CC[C@@H]23)C[C@@H](C)C[C@@H]1C. The second-order valence-corrected chi connectivity index (χ2v) is 10.3. The highest BCUT2D eigenvalue weighted by Crippen LogP contribution is 2.59. The monoisotopic (exact) mass is 380 g/mol. The Morgan fingerprint density at radius 2 is 2.04 bits per heavy atom. The number of fused-ring (bicyclic) bond motifs is 1. The van der Waals surface area contributed by atoms with Gasteiger partial charge in [-0.3, -0.25) is 4.79 Å². The van der Waals surface area contributed by atoms with Crippen molar-refractivity contribution in [2.45, 2.75) is 79.1 Å². The van der Waals surface area contributed by atoms with E-state index in [9.17, 15) is 4.79 Å². The summed E-state index contributed by atoms with van der Waals surface area (Å²) in [6, 6.07) is 0. The molecule has 0 aromatic heterocycles. The predicted octanol–water partition coefficient (Wildman–Crippen LogP) is 7.46. The van der Waals surface area contributed by atoms with Crippen LogP contribution >= 0.6 is 0 Å². The van der Waals surface area contributed by atoms with Gasteiger partial charge in [-0.2, -0.15) is 0 Å². The van der Waals surface area contributed by atoms with Crippen LogP contribution in [0.2, 0.25) is 0 Å². The molecule has 0 heterocycles. The van der Waals surface area contributed by atoms with Gasteiger partial charge in [0.05, 0.1) is 0 Å². The van der Waals surface area contributed by atoms with Crippen LogP contribution < -0.4 is 0 Å². The molecular weight excluding hydrogens is 340 g/mol. The van der Waals surface area contributed by atoms with Gasteiger partial charge in [0.15, 0.2) is 0 Å². The van der Waals surface area contributed by atoms with Crippen LogP contribution in [0, 0.1) is 35.0 Å². The zero-order chi connectivity index (χ0) is 20.3. The molecule has 0 aromatic rings. The van der Waals surface area contributed by atoms with Gasteiger partial charge in [-0.25, -0.2) is 0 Å². The molecule has 3 rings (SSSR count). The van der Waals surface area contributed by atoms with Crippen LogP contribution in [0.1, 0.15) is 79.1 Å². The van der Waals surface area contributed by atoms with Gasteiger partial charge in [0.2, 0.25) is 0 Å². The number of aldehydes is 1. The van der Waals surface area contributed by atoms with Gasteiger partial charge in [0.25, 0.3) is 0 Å². The van der Waals surface area contributed by atoms with Crippen LogP contribution in [0.4, 0.5) is 0 Å². The van der Waals surface area contributed by atoms with Crippen molar-refractivity contribution in [3.8, 4) is 0 Å². The van der Waals surface area contributed by atoms with E-state index in [4.69, 9.17) is 0 Å². The minimum Gasteiger partial charge on any atom is -0.299 e. The first-order valence-corrected chi connectivity index (χ1v) is 11.6. The maximum absolute atomic E-state index is 10.6. The van der Waals surface area contributed by atoms with E-state index in [1.165, 1.54) is 56.1 Å². The van der Waals surface area contributed by atoms with Gasteiger partial charge < -0.3 is 0 Å². The molecule has 0 spiro atoms. The van der Waals surface area contributed by atoms with E-state index in [2.05, 4.69) is 52.5 Å². The standard InChI is InChI=1S/C27H40O/c1-19-17-21(3)22(4)24(18-19)12-11-23-10-8-15-27(5)25(13-14-26(23)27)20(2)9-6-7-16-28/h6-7,11-12,16,19-21,25-26H,4,8-10,13-15,17-18H2,1-3,5H3/b7-6+,23-11+,24-12-/t19-,20?,21-,25+,26-,27+/m0/s1. The van der Waals surface area contributed by atoms with Crippen molar-refractivity contribution >= 4 is 6.29 Å². The Hall–Kier alpha value is -1.37. The van der Waals surface area contributed by atoms with E-state index in [0.29, 0.717) is 17.3 Å². The third-order valence-electron chi connectivity index (χ3n) is 8.28. The van der Waals surface area contributed by atoms with Crippen molar-refractivity contribution < 1.29 is 4.79 Å². The summed E-state index contributed by atoms with van der Waals surface area (Å²) in [5.74, 6) is 3.57. The maximum atomic E-state index is 10.6. The molecule has 0 aromatic carbocycles. The Balaban J connectivity index is 1.77. The number of hydrogen-bond acceptors (Lipinski definition) is 1. The van der Waals surface area contributed by atoms with Crippen LogP contribution in [-0.4, -0.2) is 6.29 Å². The molecule has 154 valence electrons. The second-order valence-electron chi connectivity index (χ2n) is 10.3. The Labute approximate surface area is 173 Å². The highest BCUT2D eigenvalue weighted by molar-refractivity contribution is 5.64. The Kier molecular flexibility index (Phi) is 6.84. The average molecular weight is 381 g/mol. The first-order chi connectivity index (χ1) is 13.4. The largest absolute Gasteiger partial charge is 0.299 e. The minimum absolute atomic E-state index is 0.432. The third-order valence-corrected chi connectivity index (χ3v) is 8.28. The topological polar surface area (TPSA) is 17.1 Å². The Bertz CT molecular complexity index is 678. The lowest BCUT2D eigenvalue weighted by Crippen LogP contribution is -2.35. The fourth-order valence-corrected chi connectivity index (χ4v) is 6.76. The van der Waals surface area contributed by atoms with Crippen LogP contribution in [0.25, 0.3) is 0 Å². The molecule has 1 heteroatoms. The van der Waals surface area contributed by atoms with Gasteiger partial charge in [0.1, 0.15) is 6.29 Å². The van der Waals surface area contributed by atoms with Gasteiger partial charge in [0, 0.05) is 0 Å². The lowest BCUT2D eigenvalue weighted by molar-refractivity contribution is -0.104.